The zero-order valence-electron chi connectivity index (χ0n) is 18.7. The molecule has 2 aromatic carbocycles. The summed E-state index contributed by atoms with van der Waals surface area (Å²) < 4.78 is 8.26. The van der Waals surface area contributed by atoms with E-state index in [0.717, 1.165) is 27.5 Å². The van der Waals surface area contributed by atoms with Crippen molar-refractivity contribution in [1.82, 2.24) is 14.7 Å². The van der Waals surface area contributed by atoms with Crippen LogP contribution in [0, 0.1) is 14.9 Å². The lowest BCUT2D eigenvalue weighted by Gasteiger charge is -2.32. The number of piperidine rings is 1. The summed E-state index contributed by atoms with van der Waals surface area (Å²) >= 11 is 2.22. The largest absolute Gasteiger partial charge is 0.445 e. The number of ether oxygens (including phenoxy) is 1. The van der Waals surface area contributed by atoms with Crippen molar-refractivity contribution in [1.29, 1.82) is 5.26 Å². The molecule has 0 radical (unpaired) electrons. The molecule has 2 heterocycles. The molecule has 0 aliphatic carbocycles. The van der Waals surface area contributed by atoms with E-state index in [-0.39, 0.29) is 24.6 Å². The zero-order chi connectivity index (χ0) is 24.1. The highest BCUT2D eigenvalue weighted by atomic mass is 127. The summed E-state index contributed by atoms with van der Waals surface area (Å²) in [6, 6.07) is 19.2. The molecule has 2 amide bonds. The number of hydrogen-bond donors (Lipinski definition) is 1. The van der Waals surface area contributed by atoms with Crippen molar-refractivity contribution in [2.45, 2.75) is 32.4 Å². The van der Waals surface area contributed by atoms with Crippen LogP contribution >= 0.6 is 22.6 Å². The van der Waals surface area contributed by atoms with Crippen LogP contribution in [0.3, 0.4) is 0 Å². The molecule has 1 aliphatic heterocycles. The lowest BCUT2D eigenvalue weighted by molar-refractivity contribution is -0.114. The third-order valence-electron chi connectivity index (χ3n) is 5.64. The summed E-state index contributed by atoms with van der Waals surface area (Å²) in [5, 5.41) is 17.4. The first kappa shape index (κ1) is 23.8. The minimum absolute atomic E-state index is 0.204. The number of hydrogen-bond acceptors (Lipinski definition) is 5. The number of amides is 2. The summed E-state index contributed by atoms with van der Waals surface area (Å²) in [5.74, 6) is 0.0646. The second kappa shape index (κ2) is 10.7. The maximum atomic E-state index is 12.7. The predicted molar refractivity (Wildman–Crippen MR) is 136 cm³/mol. The van der Waals surface area contributed by atoms with Crippen LogP contribution in [0.1, 0.15) is 36.9 Å². The normalized spacial score (nSPS) is 15.4. The van der Waals surface area contributed by atoms with Crippen molar-refractivity contribution in [3.63, 3.8) is 0 Å². The number of likely N-dealkylation sites (tertiary alicyclic amines) is 1. The topological polar surface area (TPSA) is 100 Å². The quantitative estimate of drug-likeness (QED) is 0.438. The fourth-order valence-electron chi connectivity index (χ4n) is 4.03. The third-order valence-corrected chi connectivity index (χ3v) is 6.36. The van der Waals surface area contributed by atoms with Crippen LogP contribution in [0.4, 0.5) is 10.6 Å². The number of nitrogens with zero attached hydrogens (tertiary/aromatic N) is 4. The molecule has 3 aromatic rings. The Balaban J connectivity index is 1.59. The Kier molecular flexibility index (Phi) is 7.47. The number of nitrogens with one attached hydrogen (secondary N) is 1. The zero-order valence-corrected chi connectivity index (χ0v) is 20.9. The molecule has 174 valence electrons. The maximum Gasteiger partial charge on any atom is 0.410 e. The molecule has 8 nitrogen and oxygen atoms in total. The second-order valence-corrected chi connectivity index (χ2v) is 9.34. The smallest absolute Gasteiger partial charge is 0.410 e. The Labute approximate surface area is 211 Å². The van der Waals surface area contributed by atoms with Gasteiger partial charge in [0.05, 0.1) is 6.04 Å². The number of benzene rings is 2. The molecule has 0 bridgehead atoms. The van der Waals surface area contributed by atoms with Gasteiger partial charge in [0, 0.05) is 29.1 Å². The molecule has 1 aromatic heterocycles. The van der Waals surface area contributed by atoms with Crippen molar-refractivity contribution < 1.29 is 14.3 Å². The van der Waals surface area contributed by atoms with Gasteiger partial charge in [0.2, 0.25) is 5.91 Å². The molecule has 1 atom stereocenters. The molecule has 0 saturated carbocycles. The van der Waals surface area contributed by atoms with E-state index in [0.29, 0.717) is 30.2 Å². The van der Waals surface area contributed by atoms with Crippen molar-refractivity contribution in [3.05, 3.63) is 69.3 Å². The van der Waals surface area contributed by atoms with E-state index in [2.05, 4.69) is 34.0 Å². The van der Waals surface area contributed by atoms with Gasteiger partial charge in [-0.1, -0.05) is 42.5 Å². The molecule has 1 aliphatic rings. The van der Waals surface area contributed by atoms with Crippen LogP contribution in [0.2, 0.25) is 0 Å². The number of halogens is 1. The van der Waals surface area contributed by atoms with E-state index < -0.39 is 0 Å². The first-order valence-corrected chi connectivity index (χ1v) is 12.1. The average Bonchev–Trinajstić information content (AvgIpc) is 3.21. The van der Waals surface area contributed by atoms with Crippen molar-refractivity contribution in [2.24, 2.45) is 0 Å². The van der Waals surface area contributed by atoms with E-state index in [1.54, 1.807) is 9.58 Å². The van der Waals surface area contributed by atoms with Gasteiger partial charge in [-0.05, 0) is 53.1 Å². The minimum atomic E-state index is -0.389. The fourth-order valence-corrected chi connectivity index (χ4v) is 4.39. The molecular weight excluding hydrogens is 545 g/mol. The Bertz CT molecular complexity index is 1220. The predicted octanol–water partition coefficient (Wildman–Crippen LogP) is 4.96. The lowest BCUT2D eigenvalue weighted by atomic mass is 10.1. The van der Waals surface area contributed by atoms with E-state index in [4.69, 9.17) is 9.84 Å². The molecule has 9 heteroatoms. The molecule has 1 unspecified atom stereocenters. The van der Waals surface area contributed by atoms with Gasteiger partial charge in [-0.25, -0.2) is 9.48 Å². The Morgan fingerprint density at radius 3 is 2.62 bits per heavy atom. The van der Waals surface area contributed by atoms with Crippen molar-refractivity contribution >= 4 is 40.4 Å². The van der Waals surface area contributed by atoms with Crippen LogP contribution in [0.15, 0.2) is 54.6 Å². The van der Waals surface area contributed by atoms with Gasteiger partial charge < -0.3 is 15.0 Å². The third kappa shape index (κ3) is 5.39. The number of carbonyl (C=O) groups is 2. The van der Waals surface area contributed by atoms with Crippen molar-refractivity contribution in [2.75, 3.05) is 18.4 Å². The first-order chi connectivity index (χ1) is 16.5. The first-order valence-electron chi connectivity index (χ1n) is 11.0. The van der Waals surface area contributed by atoms with Gasteiger partial charge >= 0.3 is 6.09 Å². The lowest BCUT2D eigenvalue weighted by Crippen LogP contribution is -2.41. The number of rotatable bonds is 5. The van der Waals surface area contributed by atoms with E-state index in [1.807, 2.05) is 54.6 Å². The van der Waals surface area contributed by atoms with Crippen LogP contribution < -0.4 is 5.32 Å². The summed E-state index contributed by atoms with van der Waals surface area (Å²) in [7, 11) is 0. The molecule has 34 heavy (non-hydrogen) atoms. The second-order valence-electron chi connectivity index (χ2n) is 8.10. The van der Waals surface area contributed by atoms with Gasteiger partial charge in [0.25, 0.3) is 0 Å². The van der Waals surface area contributed by atoms with Crippen LogP contribution in [-0.2, 0) is 16.1 Å². The minimum Gasteiger partial charge on any atom is -0.445 e. The van der Waals surface area contributed by atoms with Crippen LogP contribution in [0.25, 0.3) is 11.3 Å². The summed E-state index contributed by atoms with van der Waals surface area (Å²) in [4.78, 5) is 26.4. The highest BCUT2D eigenvalue weighted by Gasteiger charge is 2.30. The molecule has 1 saturated heterocycles. The number of anilines is 1. The average molecular weight is 569 g/mol. The van der Waals surface area contributed by atoms with E-state index >= 15 is 0 Å². The van der Waals surface area contributed by atoms with E-state index in [1.165, 1.54) is 6.92 Å². The highest BCUT2D eigenvalue weighted by molar-refractivity contribution is 14.1. The van der Waals surface area contributed by atoms with Gasteiger partial charge in [-0.3, -0.25) is 4.79 Å². The Morgan fingerprint density at radius 1 is 1.21 bits per heavy atom. The Morgan fingerprint density at radius 2 is 1.94 bits per heavy atom. The molecule has 1 fully saturated rings. The maximum absolute atomic E-state index is 12.7. The molecule has 1 N–H and O–H groups in total. The number of carbonyl (C=O) groups excluding carboxylic acids is 2. The summed E-state index contributed by atoms with van der Waals surface area (Å²) in [6.07, 6.45) is 1.12. The SMILES string of the molecule is CC(=O)Nc1c(C#N)c(-c2ccc(I)cc2)nn1C1CCCN(C(=O)OCc2ccccc2)C1. The van der Waals surface area contributed by atoms with Crippen molar-refractivity contribution in [3.8, 4) is 17.3 Å². The summed E-state index contributed by atoms with van der Waals surface area (Å²) in [6.45, 7) is 2.56. The fraction of sp³-hybridized carbons (Fsp3) is 0.280. The summed E-state index contributed by atoms with van der Waals surface area (Å²) in [5.41, 5.74) is 2.52. The number of nitriles is 1. The van der Waals surface area contributed by atoms with Gasteiger partial charge in [-0.15, -0.1) is 0 Å². The molecule has 0 spiro atoms. The standard InChI is InChI=1S/C25H24IN5O3/c1-17(32)28-24-22(14-27)23(19-9-11-20(26)12-10-19)29-31(24)21-8-5-13-30(15-21)25(33)34-16-18-6-3-2-4-7-18/h2-4,6-7,9-12,21H,5,8,13,15-16H2,1H3,(H,28,32). The van der Waals surface area contributed by atoms with Crippen LogP contribution in [-0.4, -0.2) is 39.8 Å². The molecular formula is C25H24IN5O3. The Hall–Kier alpha value is -3.39. The van der Waals surface area contributed by atoms with Gasteiger partial charge in [0.15, 0.2) is 0 Å². The highest BCUT2D eigenvalue weighted by Crippen LogP contribution is 2.33. The monoisotopic (exact) mass is 569 g/mol. The van der Waals surface area contributed by atoms with E-state index in [9.17, 15) is 14.9 Å². The number of aromatic nitrogens is 2. The van der Waals surface area contributed by atoms with Gasteiger partial charge in [-0.2, -0.15) is 10.4 Å². The van der Waals surface area contributed by atoms with Crippen LogP contribution in [0.5, 0.6) is 0 Å². The van der Waals surface area contributed by atoms with Gasteiger partial charge in [0.1, 0.15) is 29.8 Å². The molecule has 4 rings (SSSR count).